The molecule has 0 amide bonds. The summed E-state index contributed by atoms with van der Waals surface area (Å²) in [5, 5.41) is 6.59. The van der Waals surface area contributed by atoms with E-state index in [4.69, 9.17) is 4.98 Å². The number of nitrogens with one attached hydrogen (secondary N) is 1. The second-order valence-electron chi connectivity index (χ2n) is 5.27. The lowest BCUT2D eigenvalue weighted by atomic mass is 9.94. The van der Waals surface area contributed by atoms with Crippen LogP contribution in [0.2, 0.25) is 0 Å². The van der Waals surface area contributed by atoms with Gasteiger partial charge in [-0.3, -0.25) is 0 Å². The van der Waals surface area contributed by atoms with Gasteiger partial charge in [0.2, 0.25) is 0 Å². The van der Waals surface area contributed by atoms with E-state index in [1.165, 1.54) is 16.1 Å². The number of benzene rings is 1. The van der Waals surface area contributed by atoms with Crippen LogP contribution < -0.4 is 5.32 Å². The first-order valence-corrected chi connectivity index (χ1v) is 7.09. The van der Waals surface area contributed by atoms with Crippen LogP contribution in [0.25, 0.3) is 11.3 Å². The molecule has 0 aliphatic rings. The molecule has 0 aliphatic heterocycles. The van der Waals surface area contributed by atoms with Crippen molar-refractivity contribution in [2.75, 3.05) is 13.6 Å². The summed E-state index contributed by atoms with van der Waals surface area (Å²) in [5.41, 5.74) is 3.69. The average Bonchev–Trinajstić information content (AvgIpc) is 2.79. The molecule has 0 unspecified atom stereocenters. The Labute approximate surface area is 113 Å². The fourth-order valence-electron chi connectivity index (χ4n) is 2.09. The quantitative estimate of drug-likeness (QED) is 0.908. The molecule has 0 saturated heterocycles. The van der Waals surface area contributed by atoms with Crippen molar-refractivity contribution in [3.05, 3.63) is 40.2 Å². The lowest BCUT2D eigenvalue weighted by molar-refractivity contribution is 0.491. The van der Waals surface area contributed by atoms with Gasteiger partial charge in [-0.15, -0.1) is 11.3 Å². The normalized spacial score (nSPS) is 11.8. The van der Waals surface area contributed by atoms with Crippen LogP contribution in [-0.4, -0.2) is 18.6 Å². The zero-order valence-corrected chi connectivity index (χ0v) is 12.3. The summed E-state index contributed by atoms with van der Waals surface area (Å²) in [4.78, 5) is 4.81. The molecule has 0 aliphatic carbocycles. The van der Waals surface area contributed by atoms with Gasteiger partial charge in [-0.25, -0.2) is 4.98 Å². The summed E-state index contributed by atoms with van der Waals surface area (Å²) >= 11 is 1.75. The summed E-state index contributed by atoms with van der Waals surface area (Å²) in [7, 11) is 1.98. The predicted molar refractivity (Wildman–Crippen MR) is 79.2 cm³/mol. The molecule has 1 N–H and O–H groups in total. The number of rotatable bonds is 4. The van der Waals surface area contributed by atoms with Crippen LogP contribution >= 0.6 is 11.3 Å². The Hall–Kier alpha value is -1.19. The van der Waals surface area contributed by atoms with Gasteiger partial charge >= 0.3 is 0 Å². The number of likely N-dealkylation sites (N-methyl/N-ethyl adjacent to an activating group) is 1. The monoisotopic (exact) mass is 260 g/mol. The van der Waals surface area contributed by atoms with Gasteiger partial charge in [0.25, 0.3) is 0 Å². The van der Waals surface area contributed by atoms with Gasteiger partial charge in [0.15, 0.2) is 0 Å². The van der Waals surface area contributed by atoms with Gasteiger partial charge in [-0.05, 0) is 19.5 Å². The van der Waals surface area contributed by atoms with E-state index < -0.39 is 0 Å². The number of thiazole rings is 1. The predicted octanol–water partition coefficient (Wildman–Crippen LogP) is 3.62. The van der Waals surface area contributed by atoms with Crippen molar-refractivity contribution in [1.82, 2.24) is 10.3 Å². The Morgan fingerprint density at radius 2 is 2.00 bits per heavy atom. The van der Waals surface area contributed by atoms with Gasteiger partial charge in [0, 0.05) is 22.9 Å². The average molecular weight is 260 g/mol. The number of aryl methyl sites for hydroxylation is 1. The van der Waals surface area contributed by atoms with Crippen LogP contribution in [0.5, 0.6) is 0 Å². The number of hydrogen-bond donors (Lipinski definition) is 1. The Morgan fingerprint density at radius 1 is 1.28 bits per heavy atom. The maximum absolute atomic E-state index is 4.81. The zero-order chi connectivity index (χ0) is 13.2. The number of aromatic nitrogens is 1. The van der Waals surface area contributed by atoms with E-state index in [9.17, 15) is 0 Å². The topological polar surface area (TPSA) is 24.9 Å². The minimum Gasteiger partial charge on any atom is -0.319 e. The fourth-order valence-corrected chi connectivity index (χ4v) is 3.03. The van der Waals surface area contributed by atoms with Gasteiger partial charge in [-0.1, -0.05) is 38.1 Å². The maximum atomic E-state index is 4.81. The van der Waals surface area contributed by atoms with Crippen molar-refractivity contribution >= 4 is 11.3 Å². The standard InChI is InChI=1S/C15H20N2S/c1-11-7-5-6-8-12(11)13-9-18-14(17-13)15(2,3)10-16-4/h5-9,16H,10H2,1-4H3. The van der Waals surface area contributed by atoms with Crippen LogP contribution in [0, 0.1) is 6.92 Å². The Morgan fingerprint density at radius 3 is 2.67 bits per heavy atom. The highest BCUT2D eigenvalue weighted by atomic mass is 32.1. The van der Waals surface area contributed by atoms with E-state index in [1.54, 1.807) is 11.3 Å². The molecule has 0 saturated carbocycles. The second-order valence-corrected chi connectivity index (χ2v) is 6.13. The highest BCUT2D eigenvalue weighted by Gasteiger charge is 2.23. The van der Waals surface area contributed by atoms with E-state index in [0.717, 1.165) is 12.2 Å². The number of hydrogen-bond acceptors (Lipinski definition) is 3. The molecule has 3 heteroatoms. The molecule has 1 aromatic heterocycles. The van der Waals surface area contributed by atoms with Gasteiger partial charge < -0.3 is 5.32 Å². The molecule has 0 bridgehead atoms. The molecule has 96 valence electrons. The van der Waals surface area contributed by atoms with Crippen LogP contribution in [0.1, 0.15) is 24.4 Å². The molecule has 0 spiro atoms. The fraction of sp³-hybridized carbons (Fsp3) is 0.400. The van der Waals surface area contributed by atoms with Crippen molar-refractivity contribution in [1.29, 1.82) is 0 Å². The van der Waals surface area contributed by atoms with Crippen LogP contribution in [0.4, 0.5) is 0 Å². The molecule has 1 heterocycles. The third kappa shape index (κ3) is 2.62. The highest BCUT2D eigenvalue weighted by molar-refractivity contribution is 7.10. The molecule has 0 radical (unpaired) electrons. The molecule has 0 fully saturated rings. The second kappa shape index (κ2) is 5.21. The van der Waals surface area contributed by atoms with Crippen molar-refractivity contribution in [3.63, 3.8) is 0 Å². The molecular weight excluding hydrogens is 240 g/mol. The molecule has 2 nitrogen and oxygen atoms in total. The molecule has 2 rings (SSSR count). The van der Waals surface area contributed by atoms with Crippen molar-refractivity contribution in [2.24, 2.45) is 0 Å². The SMILES string of the molecule is CNCC(C)(C)c1nc(-c2ccccc2C)cs1. The molecule has 1 aromatic carbocycles. The first kappa shape index (κ1) is 13.2. The Balaban J connectivity index is 2.34. The van der Waals surface area contributed by atoms with E-state index >= 15 is 0 Å². The first-order valence-electron chi connectivity index (χ1n) is 6.21. The third-order valence-electron chi connectivity index (χ3n) is 3.12. The molecule has 18 heavy (non-hydrogen) atoms. The van der Waals surface area contributed by atoms with Crippen molar-refractivity contribution < 1.29 is 0 Å². The lowest BCUT2D eigenvalue weighted by Crippen LogP contribution is -2.30. The maximum Gasteiger partial charge on any atom is 0.100 e. The third-order valence-corrected chi connectivity index (χ3v) is 4.33. The minimum atomic E-state index is 0.0837. The smallest absolute Gasteiger partial charge is 0.100 e. The molecule has 2 aromatic rings. The van der Waals surface area contributed by atoms with Crippen LogP contribution in [0.15, 0.2) is 29.6 Å². The molecule has 0 atom stereocenters. The summed E-state index contributed by atoms with van der Waals surface area (Å²) < 4.78 is 0. The zero-order valence-electron chi connectivity index (χ0n) is 11.4. The van der Waals surface area contributed by atoms with Crippen molar-refractivity contribution in [3.8, 4) is 11.3 Å². The van der Waals surface area contributed by atoms with Crippen molar-refractivity contribution in [2.45, 2.75) is 26.2 Å². The summed E-state index contributed by atoms with van der Waals surface area (Å²) in [5.74, 6) is 0. The Kier molecular flexibility index (Phi) is 3.83. The van der Waals surface area contributed by atoms with Gasteiger partial charge in [0.1, 0.15) is 5.01 Å². The number of nitrogens with zero attached hydrogens (tertiary/aromatic N) is 1. The van der Waals surface area contributed by atoms with Gasteiger partial charge in [0.05, 0.1) is 5.69 Å². The largest absolute Gasteiger partial charge is 0.319 e. The van der Waals surface area contributed by atoms with E-state index in [2.05, 4.69) is 55.7 Å². The summed E-state index contributed by atoms with van der Waals surface area (Å²) in [6, 6.07) is 8.41. The highest BCUT2D eigenvalue weighted by Crippen LogP contribution is 2.31. The Bertz CT molecular complexity index is 529. The summed E-state index contributed by atoms with van der Waals surface area (Å²) in [6.45, 7) is 7.52. The summed E-state index contributed by atoms with van der Waals surface area (Å²) in [6.07, 6.45) is 0. The van der Waals surface area contributed by atoms with Crippen LogP contribution in [-0.2, 0) is 5.41 Å². The van der Waals surface area contributed by atoms with E-state index in [0.29, 0.717) is 0 Å². The van der Waals surface area contributed by atoms with Crippen LogP contribution in [0.3, 0.4) is 0 Å². The molecular formula is C15H20N2S. The first-order chi connectivity index (χ1) is 8.54. The van der Waals surface area contributed by atoms with E-state index in [-0.39, 0.29) is 5.41 Å². The minimum absolute atomic E-state index is 0.0837. The van der Waals surface area contributed by atoms with Gasteiger partial charge in [-0.2, -0.15) is 0 Å². The van der Waals surface area contributed by atoms with E-state index in [1.807, 2.05) is 7.05 Å². The lowest BCUT2D eigenvalue weighted by Gasteiger charge is -2.21.